The molecule has 0 fully saturated rings. The Kier molecular flexibility index (Phi) is 5.54. The van der Waals surface area contributed by atoms with Crippen molar-refractivity contribution in [3.8, 4) is 0 Å². The highest BCUT2D eigenvalue weighted by molar-refractivity contribution is 9.10. The van der Waals surface area contributed by atoms with Crippen molar-refractivity contribution < 1.29 is 0 Å². The molecule has 1 aromatic heterocycles. The Morgan fingerprint density at radius 1 is 1.33 bits per heavy atom. The van der Waals surface area contributed by atoms with Gasteiger partial charge in [0.2, 0.25) is 0 Å². The van der Waals surface area contributed by atoms with E-state index in [0.717, 1.165) is 20.1 Å². The van der Waals surface area contributed by atoms with Gasteiger partial charge in [0.05, 0.1) is 11.1 Å². The van der Waals surface area contributed by atoms with Gasteiger partial charge in [-0.1, -0.05) is 27.5 Å². The maximum atomic E-state index is 6.12. The molecule has 0 saturated heterocycles. The van der Waals surface area contributed by atoms with E-state index in [1.807, 2.05) is 23.6 Å². The number of thiophene rings is 1. The van der Waals surface area contributed by atoms with E-state index in [1.54, 1.807) is 23.1 Å². The molecule has 3 N–H and O–H groups in total. The number of thioether (sulfide) groups is 1. The quantitative estimate of drug-likeness (QED) is 0.468. The van der Waals surface area contributed by atoms with E-state index in [2.05, 4.69) is 33.5 Å². The number of nitrogens with two attached hydrogens (primary N) is 1. The second-order valence-corrected chi connectivity index (χ2v) is 6.98. The largest absolute Gasteiger partial charge is 0.271 e. The van der Waals surface area contributed by atoms with Gasteiger partial charge in [-0.15, -0.1) is 23.1 Å². The first-order chi connectivity index (χ1) is 8.70. The third-order valence-electron chi connectivity index (χ3n) is 2.39. The lowest BCUT2D eigenvalue weighted by Gasteiger charge is -2.14. The van der Waals surface area contributed by atoms with Gasteiger partial charge in [-0.25, -0.2) is 0 Å². The monoisotopic (exact) mass is 362 g/mol. The Morgan fingerprint density at radius 3 is 2.61 bits per heavy atom. The van der Waals surface area contributed by atoms with E-state index in [0.29, 0.717) is 0 Å². The molecular weight excluding hydrogens is 352 g/mol. The number of benzene rings is 1. The van der Waals surface area contributed by atoms with Crippen molar-refractivity contribution in [3.63, 3.8) is 0 Å². The molecule has 0 saturated carbocycles. The maximum absolute atomic E-state index is 6.12. The highest BCUT2D eigenvalue weighted by Crippen LogP contribution is 2.32. The summed E-state index contributed by atoms with van der Waals surface area (Å²) < 4.78 is 1.08. The highest BCUT2D eigenvalue weighted by atomic mass is 79.9. The Balaban J connectivity index is 2.00. The number of hydrogen-bond donors (Lipinski definition) is 2. The molecule has 0 amide bonds. The molecule has 96 valence electrons. The molecule has 0 bridgehead atoms. The first kappa shape index (κ1) is 14.4. The molecule has 0 aliphatic heterocycles. The van der Waals surface area contributed by atoms with Crippen molar-refractivity contribution in [1.82, 2.24) is 5.43 Å². The zero-order chi connectivity index (χ0) is 13.0. The van der Waals surface area contributed by atoms with Crippen molar-refractivity contribution in [2.24, 2.45) is 5.84 Å². The molecular formula is C12H12BrClN2S2. The van der Waals surface area contributed by atoms with Gasteiger partial charge in [-0.05, 0) is 35.7 Å². The fraction of sp³-hybridized carbons (Fsp3) is 0.167. The van der Waals surface area contributed by atoms with Gasteiger partial charge in [0, 0.05) is 20.0 Å². The molecule has 2 rings (SSSR count). The normalized spacial score (nSPS) is 12.6. The fourth-order valence-corrected chi connectivity index (χ4v) is 4.03. The molecule has 0 aliphatic carbocycles. The first-order valence-electron chi connectivity index (χ1n) is 5.28. The molecule has 0 aliphatic rings. The number of hydrazine groups is 1. The smallest absolute Gasteiger partial charge is 0.0662 e. The third-order valence-corrected chi connectivity index (χ3v) is 5.50. The van der Waals surface area contributed by atoms with E-state index in [4.69, 9.17) is 17.4 Å². The summed E-state index contributed by atoms with van der Waals surface area (Å²) in [6.45, 7) is 0. The number of halogens is 2. The standard InChI is InChI=1S/C12H12BrClN2S2/c13-8-1-3-9(4-2-8)18-7-11(16-15)12-10(14)5-6-17-12/h1-6,11,16H,7,15H2. The Bertz CT molecular complexity index is 501. The predicted molar refractivity (Wildman–Crippen MR) is 84.3 cm³/mol. The Hall–Kier alpha value is -0.0400. The van der Waals surface area contributed by atoms with Crippen LogP contribution in [0.15, 0.2) is 45.1 Å². The number of nitrogens with one attached hydrogen (secondary N) is 1. The predicted octanol–water partition coefficient (Wildman–Crippen LogP) is 4.46. The van der Waals surface area contributed by atoms with Crippen molar-refractivity contribution >= 4 is 50.6 Å². The van der Waals surface area contributed by atoms with E-state index >= 15 is 0 Å². The lowest BCUT2D eigenvalue weighted by Crippen LogP contribution is -2.29. The van der Waals surface area contributed by atoms with Crippen molar-refractivity contribution in [2.75, 3.05) is 5.75 Å². The molecule has 1 heterocycles. The molecule has 18 heavy (non-hydrogen) atoms. The van der Waals surface area contributed by atoms with Crippen LogP contribution < -0.4 is 11.3 Å². The average Bonchev–Trinajstić information content (AvgIpc) is 2.79. The maximum Gasteiger partial charge on any atom is 0.0662 e. The van der Waals surface area contributed by atoms with E-state index in [9.17, 15) is 0 Å². The van der Waals surface area contributed by atoms with Gasteiger partial charge in [-0.3, -0.25) is 11.3 Å². The summed E-state index contributed by atoms with van der Waals surface area (Å²) in [6, 6.07) is 10.2. The first-order valence-corrected chi connectivity index (χ1v) is 8.31. The summed E-state index contributed by atoms with van der Waals surface area (Å²) in [5, 5.41) is 2.76. The molecule has 6 heteroatoms. The fourth-order valence-electron chi connectivity index (χ4n) is 1.46. The van der Waals surface area contributed by atoms with Gasteiger partial charge in [0.15, 0.2) is 0 Å². The second-order valence-electron chi connectivity index (χ2n) is 3.62. The van der Waals surface area contributed by atoms with Crippen LogP contribution in [0.2, 0.25) is 5.02 Å². The van der Waals surface area contributed by atoms with Crippen LogP contribution in [0.1, 0.15) is 10.9 Å². The summed E-state index contributed by atoms with van der Waals surface area (Å²) in [4.78, 5) is 2.30. The molecule has 2 aromatic rings. The van der Waals surface area contributed by atoms with Crippen LogP contribution in [0.4, 0.5) is 0 Å². The topological polar surface area (TPSA) is 38.0 Å². The molecule has 0 radical (unpaired) electrons. The molecule has 1 unspecified atom stereocenters. The van der Waals surface area contributed by atoms with Crippen LogP contribution in [0.25, 0.3) is 0 Å². The average molecular weight is 364 g/mol. The third kappa shape index (κ3) is 3.73. The minimum atomic E-state index is 0.0751. The lowest BCUT2D eigenvalue weighted by atomic mass is 10.3. The zero-order valence-corrected chi connectivity index (χ0v) is 13.4. The van der Waals surface area contributed by atoms with Gasteiger partial charge in [-0.2, -0.15) is 0 Å². The van der Waals surface area contributed by atoms with Crippen molar-refractivity contribution in [3.05, 3.63) is 50.1 Å². The summed E-state index contributed by atoms with van der Waals surface area (Å²) in [5.74, 6) is 6.44. The minimum absolute atomic E-state index is 0.0751. The van der Waals surface area contributed by atoms with Crippen LogP contribution in [0.5, 0.6) is 0 Å². The summed E-state index contributed by atoms with van der Waals surface area (Å²) >= 11 is 12.9. The van der Waals surface area contributed by atoms with Gasteiger partial charge in [0.25, 0.3) is 0 Å². The molecule has 0 spiro atoms. The van der Waals surface area contributed by atoms with E-state index in [-0.39, 0.29) is 6.04 Å². The SMILES string of the molecule is NNC(CSc1ccc(Br)cc1)c1sccc1Cl. The van der Waals surface area contributed by atoms with E-state index < -0.39 is 0 Å². The molecule has 1 atom stereocenters. The summed E-state index contributed by atoms with van der Waals surface area (Å²) in [5.41, 5.74) is 2.82. The lowest BCUT2D eigenvalue weighted by molar-refractivity contribution is 0.620. The van der Waals surface area contributed by atoms with E-state index in [1.165, 1.54) is 4.90 Å². The number of hydrogen-bond acceptors (Lipinski definition) is 4. The van der Waals surface area contributed by atoms with Crippen LogP contribution >= 0.6 is 50.6 Å². The van der Waals surface area contributed by atoms with Crippen molar-refractivity contribution in [1.29, 1.82) is 0 Å². The highest BCUT2D eigenvalue weighted by Gasteiger charge is 2.15. The minimum Gasteiger partial charge on any atom is -0.271 e. The van der Waals surface area contributed by atoms with Crippen LogP contribution in [0.3, 0.4) is 0 Å². The summed E-state index contributed by atoms with van der Waals surface area (Å²) in [7, 11) is 0. The summed E-state index contributed by atoms with van der Waals surface area (Å²) in [6.07, 6.45) is 0. The molecule has 2 nitrogen and oxygen atoms in total. The Labute approximate surface area is 128 Å². The van der Waals surface area contributed by atoms with Gasteiger partial charge < -0.3 is 0 Å². The Morgan fingerprint density at radius 2 is 2.06 bits per heavy atom. The van der Waals surface area contributed by atoms with Gasteiger partial charge in [0.1, 0.15) is 0 Å². The zero-order valence-electron chi connectivity index (χ0n) is 9.40. The van der Waals surface area contributed by atoms with Crippen molar-refractivity contribution in [2.45, 2.75) is 10.9 Å². The van der Waals surface area contributed by atoms with Crippen LogP contribution in [-0.2, 0) is 0 Å². The number of rotatable bonds is 5. The molecule has 1 aromatic carbocycles. The van der Waals surface area contributed by atoms with Crippen LogP contribution in [-0.4, -0.2) is 5.75 Å². The second kappa shape index (κ2) is 6.93. The van der Waals surface area contributed by atoms with Crippen LogP contribution in [0, 0.1) is 0 Å². The van der Waals surface area contributed by atoms with Gasteiger partial charge >= 0.3 is 0 Å².